The van der Waals surface area contributed by atoms with E-state index >= 15 is 0 Å². The molecular weight excluding hydrogens is 328 g/mol. The summed E-state index contributed by atoms with van der Waals surface area (Å²) < 4.78 is 5.45. The number of nitrogens with one attached hydrogen (secondary N) is 1. The van der Waals surface area contributed by atoms with Crippen LogP contribution in [0.4, 0.5) is 4.79 Å². The van der Waals surface area contributed by atoms with Crippen LogP contribution in [0.1, 0.15) is 34.3 Å². The molecule has 134 valence electrons. The van der Waals surface area contributed by atoms with Gasteiger partial charge in [-0.25, -0.2) is 4.79 Å². The number of ether oxygens (including phenoxy) is 1. The molecule has 5 nitrogen and oxygen atoms in total. The lowest BCUT2D eigenvalue weighted by Gasteiger charge is -2.44. The van der Waals surface area contributed by atoms with Crippen LogP contribution in [0.25, 0.3) is 0 Å². The van der Waals surface area contributed by atoms with E-state index in [4.69, 9.17) is 4.74 Å². The van der Waals surface area contributed by atoms with Gasteiger partial charge >= 0.3 is 6.09 Å². The number of hydrogen-bond donors (Lipinski definition) is 1. The molecule has 0 aromatic heterocycles. The summed E-state index contributed by atoms with van der Waals surface area (Å²) >= 11 is 0. The third-order valence-corrected chi connectivity index (χ3v) is 5.51. The Bertz CT molecular complexity index is 811. The van der Waals surface area contributed by atoms with Crippen LogP contribution >= 0.6 is 0 Å². The van der Waals surface area contributed by atoms with E-state index in [-0.39, 0.29) is 17.4 Å². The normalized spacial score (nSPS) is 18.2. The van der Waals surface area contributed by atoms with E-state index in [1.807, 2.05) is 48.5 Å². The summed E-state index contributed by atoms with van der Waals surface area (Å²) in [5, 5.41) is 3.02. The molecule has 0 saturated carbocycles. The third kappa shape index (κ3) is 3.05. The molecule has 1 fully saturated rings. The quantitative estimate of drug-likeness (QED) is 0.905. The van der Waals surface area contributed by atoms with Crippen LogP contribution in [-0.2, 0) is 16.8 Å². The number of piperidine rings is 1. The first-order chi connectivity index (χ1) is 12.7. The predicted octanol–water partition coefficient (Wildman–Crippen LogP) is 3.10. The fourth-order valence-electron chi connectivity index (χ4n) is 3.96. The SMILES string of the molecule is O=C1NCC2(CCN(C(=O)OCc3ccccc3)CC2)c2ccccc21. The van der Waals surface area contributed by atoms with Crippen LogP contribution in [0.2, 0.25) is 0 Å². The zero-order valence-corrected chi connectivity index (χ0v) is 14.6. The Morgan fingerprint density at radius 1 is 1.04 bits per heavy atom. The second kappa shape index (κ2) is 6.83. The second-order valence-electron chi connectivity index (χ2n) is 7.04. The predicted molar refractivity (Wildman–Crippen MR) is 97.9 cm³/mol. The molecule has 1 saturated heterocycles. The smallest absolute Gasteiger partial charge is 0.410 e. The molecule has 1 spiro atoms. The van der Waals surface area contributed by atoms with Crippen LogP contribution in [0.3, 0.4) is 0 Å². The van der Waals surface area contributed by atoms with Crippen molar-refractivity contribution in [3.63, 3.8) is 0 Å². The number of benzene rings is 2. The van der Waals surface area contributed by atoms with Gasteiger partial charge in [0, 0.05) is 30.6 Å². The van der Waals surface area contributed by atoms with Gasteiger partial charge in [0.15, 0.2) is 0 Å². The fraction of sp³-hybridized carbons (Fsp3) is 0.333. The number of carbonyl (C=O) groups is 2. The minimum absolute atomic E-state index is 0.00377. The van der Waals surface area contributed by atoms with Crippen LogP contribution in [0.5, 0.6) is 0 Å². The molecule has 5 heteroatoms. The Balaban J connectivity index is 1.40. The third-order valence-electron chi connectivity index (χ3n) is 5.51. The first-order valence-corrected chi connectivity index (χ1v) is 9.01. The molecule has 2 aromatic rings. The lowest BCUT2D eigenvalue weighted by atomic mass is 9.69. The van der Waals surface area contributed by atoms with Crippen LogP contribution in [0.15, 0.2) is 54.6 Å². The number of rotatable bonds is 2. The van der Waals surface area contributed by atoms with E-state index in [1.165, 1.54) is 0 Å². The van der Waals surface area contributed by atoms with E-state index in [0.717, 1.165) is 29.5 Å². The van der Waals surface area contributed by atoms with E-state index in [0.29, 0.717) is 26.2 Å². The van der Waals surface area contributed by atoms with E-state index in [9.17, 15) is 9.59 Å². The van der Waals surface area contributed by atoms with Crippen molar-refractivity contribution >= 4 is 12.0 Å². The zero-order valence-electron chi connectivity index (χ0n) is 14.6. The Kier molecular flexibility index (Phi) is 4.37. The van der Waals surface area contributed by atoms with Crippen LogP contribution in [-0.4, -0.2) is 36.5 Å². The van der Waals surface area contributed by atoms with Crippen molar-refractivity contribution in [2.45, 2.75) is 24.9 Å². The first-order valence-electron chi connectivity index (χ1n) is 9.01. The number of likely N-dealkylation sites (tertiary alicyclic amines) is 1. The number of carbonyl (C=O) groups excluding carboxylic acids is 2. The van der Waals surface area contributed by atoms with Crippen LogP contribution in [0, 0.1) is 0 Å². The fourth-order valence-corrected chi connectivity index (χ4v) is 3.96. The van der Waals surface area contributed by atoms with Gasteiger partial charge < -0.3 is 15.0 Å². The van der Waals surface area contributed by atoms with Crippen molar-refractivity contribution in [1.82, 2.24) is 10.2 Å². The maximum absolute atomic E-state index is 12.4. The van der Waals surface area contributed by atoms with Gasteiger partial charge in [-0.1, -0.05) is 48.5 Å². The summed E-state index contributed by atoms with van der Waals surface area (Å²) in [6, 6.07) is 17.5. The highest BCUT2D eigenvalue weighted by Crippen LogP contribution is 2.39. The first kappa shape index (κ1) is 16.6. The number of amides is 2. The summed E-state index contributed by atoms with van der Waals surface area (Å²) in [7, 11) is 0. The number of nitrogens with zero attached hydrogens (tertiary/aromatic N) is 1. The Morgan fingerprint density at radius 2 is 1.73 bits per heavy atom. The lowest BCUT2D eigenvalue weighted by Crippen LogP contribution is -2.53. The molecule has 2 amide bonds. The van der Waals surface area contributed by atoms with E-state index in [2.05, 4.69) is 11.4 Å². The largest absolute Gasteiger partial charge is 0.445 e. The topological polar surface area (TPSA) is 58.6 Å². The van der Waals surface area contributed by atoms with Gasteiger partial charge in [-0.2, -0.15) is 0 Å². The molecule has 2 aromatic carbocycles. The second-order valence-corrected chi connectivity index (χ2v) is 7.04. The Hall–Kier alpha value is -2.82. The highest BCUT2D eigenvalue weighted by molar-refractivity contribution is 5.97. The van der Waals surface area contributed by atoms with Crippen molar-refractivity contribution in [3.05, 3.63) is 71.3 Å². The molecule has 26 heavy (non-hydrogen) atoms. The van der Waals surface area contributed by atoms with Gasteiger partial charge in [0.25, 0.3) is 5.91 Å². The maximum atomic E-state index is 12.4. The van der Waals surface area contributed by atoms with E-state index in [1.54, 1.807) is 4.90 Å². The van der Waals surface area contributed by atoms with Crippen LogP contribution < -0.4 is 5.32 Å². The van der Waals surface area contributed by atoms with E-state index < -0.39 is 0 Å². The minimum Gasteiger partial charge on any atom is -0.445 e. The summed E-state index contributed by atoms with van der Waals surface area (Å²) in [4.78, 5) is 26.3. The van der Waals surface area contributed by atoms with Crippen molar-refractivity contribution in [3.8, 4) is 0 Å². The summed E-state index contributed by atoms with van der Waals surface area (Å²) in [5.74, 6) is -0.00377. The molecule has 0 radical (unpaired) electrons. The molecule has 2 aliphatic rings. The average Bonchev–Trinajstić information content (AvgIpc) is 2.71. The summed E-state index contributed by atoms with van der Waals surface area (Å²) in [6.45, 7) is 2.20. The van der Waals surface area contributed by atoms with Gasteiger partial charge in [0.1, 0.15) is 6.61 Å². The molecule has 0 bridgehead atoms. The minimum atomic E-state index is -0.267. The molecule has 0 atom stereocenters. The van der Waals surface area contributed by atoms with Gasteiger partial charge in [-0.05, 0) is 30.0 Å². The Morgan fingerprint density at radius 3 is 2.50 bits per heavy atom. The molecule has 4 rings (SSSR count). The summed E-state index contributed by atoms with van der Waals surface area (Å²) in [6.07, 6.45) is 1.38. The number of hydrogen-bond acceptors (Lipinski definition) is 3. The highest BCUT2D eigenvalue weighted by Gasteiger charge is 2.42. The van der Waals surface area contributed by atoms with Gasteiger partial charge in [0.2, 0.25) is 0 Å². The Labute approximate surface area is 153 Å². The standard InChI is InChI=1S/C21H22N2O3/c24-19-17-8-4-5-9-18(17)21(15-22-19)10-12-23(13-11-21)20(25)26-14-16-6-2-1-3-7-16/h1-9H,10-15H2,(H,22,24). The van der Waals surface area contributed by atoms with Gasteiger partial charge in [-0.3, -0.25) is 4.79 Å². The maximum Gasteiger partial charge on any atom is 0.410 e. The molecular formula is C21H22N2O3. The average molecular weight is 350 g/mol. The molecule has 0 unspecified atom stereocenters. The molecule has 2 heterocycles. The van der Waals surface area contributed by atoms with Gasteiger partial charge in [0.05, 0.1) is 0 Å². The molecule has 1 N–H and O–H groups in total. The van der Waals surface area contributed by atoms with Crippen molar-refractivity contribution in [2.75, 3.05) is 19.6 Å². The van der Waals surface area contributed by atoms with Crippen molar-refractivity contribution in [1.29, 1.82) is 0 Å². The highest BCUT2D eigenvalue weighted by atomic mass is 16.6. The van der Waals surface area contributed by atoms with Crippen molar-refractivity contribution in [2.24, 2.45) is 0 Å². The monoisotopic (exact) mass is 350 g/mol. The zero-order chi connectivity index (χ0) is 18.0. The number of fused-ring (bicyclic) bond motifs is 2. The van der Waals surface area contributed by atoms with Gasteiger partial charge in [-0.15, -0.1) is 0 Å². The lowest BCUT2D eigenvalue weighted by molar-refractivity contribution is 0.0721. The summed E-state index contributed by atoms with van der Waals surface area (Å²) in [5.41, 5.74) is 2.78. The van der Waals surface area contributed by atoms with Crippen molar-refractivity contribution < 1.29 is 14.3 Å². The molecule has 0 aliphatic carbocycles. The molecule has 2 aliphatic heterocycles.